The van der Waals surface area contributed by atoms with E-state index in [0.29, 0.717) is 13.1 Å². The van der Waals surface area contributed by atoms with Gasteiger partial charge >= 0.3 is 0 Å². The number of hydrogen-bond acceptors (Lipinski definition) is 4. The van der Waals surface area contributed by atoms with E-state index in [9.17, 15) is 4.79 Å². The summed E-state index contributed by atoms with van der Waals surface area (Å²) in [6.07, 6.45) is 0. The number of benzene rings is 2. The van der Waals surface area contributed by atoms with Gasteiger partial charge in [-0.25, -0.2) is 0 Å². The normalized spacial score (nSPS) is 14.5. The summed E-state index contributed by atoms with van der Waals surface area (Å²) in [5.74, 6) is 1.03. The number of carbonyl (C=O) groups is 1. The molecule has 1 aliphatic rings. The van der Waals surface area contributed by atoms with Crippen molar-refractivity contribution >= 4 is 23.2 Å². The van der Waals surface area contributed by atoms with Crippen LogP contribution >= 0.6 is 11.6 Å². The van der Waals surface area contributed by atoms with Crippen LogP contribution in [0.1, 0.15) is 5.56 Å². The Morgan fingerprint density at radius 1 is 1.11 bits per heavy atom. The highest BCUT2D eigenvalue weighted by molar-refractivity contribution is 6.30. The van der Waals surface area contributed by atoms with Gasteiger partial charge in [-0.15, -0.1) is 0 Å². The van der Waals surface area contributed by atoms with Crippen LogP contribution in [0.5, 0.6) is 5.75 Å². The molecule has 0 saturated carbocycles. The fourth-order valence-corrected chi connectivity index (χ4v) is 3.55. The second kappa shape index (κ2) is 9.11. The Bertz CT molecular complexity index is 758. The zero-order valence-electron chi connectivity index (χ0n) is 15.9. The molecule has 1 saturated heterocycles. The molecule has 0 N–H and O–H groups in total. The molecule has 0 spiro atoms. The number of rotatable bonds is 6. The van der Waals surface area contributed by atoms with Crippen molar-refractivity contribution in [2.75, 3.05) is 51.8 Å². The minimum absolute atomic E-state index is 0.175. The van der Waals surface area contributed by atoms with Gasteiger partial charge in [0.15, 0.2) is 0 Å². The zero-order chi connectivity index (χ0) is 19.2. The van der Waals surface area contributed by atoms with E-state index in [-0.39, 0.29) is 5.91 Å². The first-order valence-electron chi connectivity index (χ1n) is 9.15. The highest BCUT2D eigenvalue weighted by Crippen LogP contribution is 2.20. The van der Waals surface area contributed by atoms with Crippen LogP contribution in [-0.2, 0) is 11.3 Å². The lowest BCUT2D eigenvalue weighted by molar-refractivity contribution is -0.132. The maximum Gasteiger partial charge on any atom is 0.236 e. The first-order chi connectivity index (χ1) is 13.0. The van der Waals surface area contributed by atoms with Gasteiger partial charge in [0, 0.05) is 43.4 Å². The molecular formula is C21H26ClN3O2. The van der Waals surface area contributed by atoms with Gasteiger partial charge in [-0.05, 0) is 49.0 Å². The maximum absolute atomic E-state index is 12.6. The van der Waals surface area contributed by atoms with Gasteiger partial charge in [0.2, 0.25) is 5.91 Å². The van der Waals surface area contributed by atoms with Crippen LogP contribution in [0.15, 0.2) is 48.5 Å². The van der Waals surface area contributed by atoms with Gasteiger partial charge < -0.3 is 14.5 Å². The van der Waals surface area contributed by atoms with Crippen LogP contribution in [0.4, 0.5) is 5.69 Å². The second-order valence-corrected chi connectivity index (χ2v) is 7.30. The molecule has 3 rings (SSSR count). The molecular weight excluding hydrogens is 362 g/mol. The van der Waals surface area contributed by atoms with Crippen LogP contribution < -0.4 is 9.64 Å². The average Bonchev–Trinajstić information content (AvgIpc) is 2.68. The Morgan fingerprint density at radius 3 is 2.44 bits per heavy atom. The minimum atomic E-state index is 0.175. The van der Waals surface area contributed by atoms with E-state index in [0.717, 1.165) is 42.5 Å². The molecule has 0 unspecified atom stereocenters. The Hall–Kier alpha value is -2.24. The molecule has 0 aromatic heterocycles. The molecule has 2 aromatic carbocycles. The summed E-state index contributed by atoms with van der Waals surface area (Å²) in [6.45, 7) is 4.30. The quantitative estimate of drug-likeness (QED) is 0.763. The standard InChI is InChI=1S/C21H26ClN3O2/c1-23(15-17-4-3-5-18(22)14-17)16-21(26)25-12-10-24(11-13-25)19-6-8-20(27-2)9-7-19/h3-9,14H,10-13,15-16H2,1-2H3. The summed E-state index contributed by atoms with van der Waals surface area (Å²) in [5, 5.41) is 0.724. The fraction of sp³-hybridized carbons (Fsp3) is 0.381. The number of amides is 1. The molecule has 144 valence electrons. The fourth-order valence-electron chi connectivity index (χ4n) is 3.34. The molecule has 1 aliphatic heterocycles. The lowest BCUT2D eigenvalue weighted by Crippen LogP contribution is -2.51. The average molecular weight is 388 g/mol. The first-order valence-corrected chi connectivity index (χ1v) is 9.53. The van der Waals surface area contributed by atoms with E-state index < -0.39 is 0 Å². The highest BCUT2D eigenvalue weighted by atomic mass is 35.5. The smallest absolute Gasteiger partial charge is 0.236 e. The van der Waals surface area contributed by atoms with Crippen molar-refractivity contribution in [2.24, 2.45) is 0 Å². The van der Waals surface area contributed by atoms with Crippen LogP contribution in [0.2, 0.25) is 5.02 Å². The monoisotopic (exact) mass is 387 g/mol. The molecule has 0 aliphatic carbocycles. The lowest BCUT2D eigenvalue weighted by atomic mass is 10.2. The molecule has 6 heteroatoms. The molecule has 27 heavy (non-hydrogen) atoms. The summed E-state index contributed by atoms with van der Waals surface area (Å²) >= 11 is 6.03. The van der Waals surface area contributed by atoms with E-state index >= 15 is 0 Å². The molecule has 0 bridgehead atoms. The number of nitrogens with zero attached hydrogens (tertiary/aromatic N) is 3. The van der Waals surface area contributed by atoms with Gasteiger partial charge in [-0.1, -0.05) is 23.7 Å². The van der Waals surface area contributed by atoms with Crippen LogP contribution in [-0.4, -0.2) is 62.6 Å². The molecule has 1 fully saturated rings. The van der Waals surface area contributed by atoms with Crippen molar-refractivity contribution in [2.45, 2.75) is 6.54 Å². The van der Waals surface area contributed by atoms with E-state index in [1.54, 1.807) is 7.11 Å². The van der Waals surface area contributed by atoms with Gasteiger partial charge in [0.25, 0.3) is 0 Å². The lowest BCUT2D eigenvalue weighted by Gasteiger charge is -2.36. The third-order valence-electron chi connectivity index (χ3n) is 4.82. The van der Waals surface area contributed by atoms with E-state index in [2.05, 4.69) is 17.0 Å². The summed E-state index contributed by atoms with van der Waals surface area (Å²) in [5.41, 5.74) is 2.28. The molecule has 1 heterocycles. The number of ether oxygens (including phenoxy) is 1. The third-order valence-corrected chi connectivity index (χ3v) is 5.05. The van der Waals surface area contributed by atoms with Crippen molar-refractivity contribution in [1.29, 1.82) is 0 Å². The molecule has 5 nitrogen and oxygen atoms in total. The topological polar surface area (TPSA) is 36.0 Å². The van der Waals surface area contributed by atoms with Gasteiger partial charge in [-0.2, -0.15) is 0 Å². The van der Waals surface area contributed by atoms with Crippen LogP contribution in [0, 0.1) is 0 Å². The summed E-state index contributed by atoms with van der Waals surface area (Å²) in [6, 6.07) is 15.8. The van der Waals surface area contributed by atoms with Crippen LogP contribution in [0.25, 0.3) is 0 Å². The highest BCUT2D eigenvalue weighted by Gasteiger charge is 2.22. The van der Waals surface area contributed by atoms with Crippen molar-refractivity contribution < 1.29 is 9.53 Å². The first kappa shape index (κ1) is 19.5. The molecule has 0 radical (unpaired) electrons. The number of piperazine rings is 1. The Balaban J connectivity index is 1.47. The van der Waals surface area contributed by atoms with Gasteiger partial charge in [0.1, 0.15) is 5.75 Å². The van der Waals surface area contributed by atoms with Crippen LogP contribution in [0.3, 0.4) is 0 Å². The number of likely N-dealkylation sites (N-methyl/N-ethyl adjacent to an activating group) is 1. The Kier molecular flexibility index (Phi) is 6.58. The van der Waals surface area contributed by atoms with Crippen molar-refractivity contribution in [3.05, 3.63) is 59.1 Å². The maximum atomic E-state index is 12.6. The zero-order valence-corrected chi connectivity index (χ0v) is 16.7. The van der Waals surface area contributed by atoms with Gasteiger partial charge in [0.05, 0.1) is 13.7 Å². The SMILES string of the molecule is COc1ccc(N2CCN(C(=O)CN(C)Cc3cccc(Cl)c3)CC2)cc1. The number of anilines is 1. The number of methoxy groups -OCH3 is 1. The summed E-state index contributed by atoms with van der Waals surface area (Å²) in [7, 11) is 3.63. The molecule has 1 amide bonds. The molecule has 0 atom stereocenters. The third kappa shape index (κ3) is 5.37. The minimum Gasteiger partial charge on any atom is -0.497 e. The predicted octanol–water partition coefficient (Wildman–Crippen LogP) is 3.13. The van der Waals surface area contributed by atoms with E-state index in [4.69, 9.17) is 16.3 Å². The van der Waals surface area contributed by atoms with E-state index in [1.807, 2.05) is 53.2 Å². The Labute approximate surface area is 166 Å². The van der Waals surface area contributed by atoms with Crippen molar-refractivity contribution in [3.63, 3.8) is 0 Å². The molecule has 2 aromatic rings. The number of halogens is 1. The summed E-state index contributed by atoms with van der Waals surface area (Å²) < 4.78 is 5.21. The number of hydrogen-bond donors (Lipinski definition) is 0. The Morgan fingerprint density at radius 2 is 1.81 bits per heavy atom. The van der Waals surface area contributed by atoms with E-state index in [1.165, 1.54) is 5.69 Å². The van der Waals surface area contributed by atoms with Gasteiger partial charge in [-0.3, -0.25) is 9.69 Å². The number of carbonyl (C=O) groups excluding carboxylic acids is 1. The van der Waals surface area contributed by atoms with Crippen molar-refractivity contribution in [3.8, 4) is 5.75 Å². The summed E-state index contributed by atoms with van der Waals surface area (Å²) in [4.78, 5) is 18.9. The predicted molar refractivity (Wildman–Crippen MR) is 110 cm³/mol. The second-order valence-electron chi connectivity index (χ2n) is 6.87. The van der Waals surface area contributed by atoms with Crippen molar-refractivity contribution in [1.82, 2.24) is 9.80 Å². The largest absolute Gasteiger partial charge is 0.497 e.